The van der Waals surface area contributed by atoms with Crippen molar-refractivity contribution < 1.29 is 14.3 Å². The fraction of sp³-hybridized carbons (Fsp3) is 0.588. The van der Waals surface area contributed by atoms with Gasteiger partial charge < -0.3 is 14.8 Å². The van der Waals surface area contributed by atoms with Crippen LogP contribution in [-0.2, 0) is 11.3 Å². The van der Waals surface area contributed by atoms with E-state index in [-0.39, 0.29) is 5.91 Å². The Labute approximate surface area is 133 Å². The molecule has 22 heavy (non-hydrogen) atoms. The molecule has 0 fully saturated rings. The lowest BCUT2D eigenvalue weighted by Gasteiger charge is -2.20. The molecular weight excluding hydrogens is 280 g/mol. The number of hydrogen-bond acceptors (Lipinski definition) is 4. The van der Waals surface area contributed by atoms with E-state index in [1.165, 1.54) is 0 Å². The molecule has 0 aliphatic rings. The minimum atomic E-state index is 0.0525. The monoisotopic (exact) mass is 308 g/mol. The highest BCUT2D eigenvalue weighted by atomic mass is 16.5. The fourth-order valence-corrected chi connectivity index (χ4v) is 2.35. The van der Waals surface area contributed by atoms with Gasteiger partial charge in [-0.05, 0) is 43.6 Å². The molecule has 1 aromatic carbocycles. The van der Waals surface area contributed by atoms with Gasteiger partial charge in [0.15, 0.2) is 11.5 Å². The zero-order valence-electron chi connectivity index (χ0n) is 14.1. The highest BCUT2D eigenvalue weighted by molar-refractivity contribution is 5.78. The minimum Gasteiger partial charge on any atom is -0.493 e. The van der Waals surface area contributed by atoms with E-state index < -0.39 is 0 Å². The lowest BCUT2D eigenvalue weighted by molar-refractivity contribution is -0.122. The molecule has 124 valence electrons. The summed E-state index contributed by atoms with van der Waals surface area (Å²) in [7, 11) is 3.21. The van der Waals surface area contributed by atoms with Gasteiger partial charge in [0, 0.05) is 6.54 Å². The third-order valence-electron chi connectivity index (χ3n) is 3.38. The van der Waals surface area contributed by atoms with E-state index in [0.29, 0.717) is 24.6 Å². The molecule has 0 radical (unpaired) electrons. The van der Waals surface area contributed by atoms with Gasteiger partial charge in [-0.3, -0.25) is 9.69 Å². The smallest absolute Gasteiger partial charge is 0.234 e. The van der Waals surface area contributed by atoms with Crippen LogP contribution < -0.4 is 14.8 Å². The van der Waals surface area contributed by atoms with Crippen LogP contribution in [0.15, 0.2) is 18.2 Å². The lowest BCUT2D eigenvalue weighted by atomic mass is 10.2. The molecule has 0 unspecified atom stereocenters. The summed E-state index contributed by atoms with van der Waals surface area (Å²) in [6.45, 7) is 7.11. The van der Waals surface area contributed by atoms with Crippen LogP contribution in [-0.4, -0.2) is 44.7 Å². The first-order chi connectivity index (χ1) is 10.6. The van der Waals surface area contributed by atoms with Gasteiger partial charge in [0.1, 0.15) is 0 Å². The summed E-state index contributed by atoms with van der Waals surface area (Å²) in [5.74, 6) is 1.42. The van der Waals surface area contributed by atoms with Crippen LogP contribution in [0.1, 0.15) is 32.3 Å². The number of carbonyl (C=O) groups is 1. The second-order valence-corrected chi connectivity index (χ2v) is 5.24. The first-order valence-electron chi connectivity index (χ1n) is 7.84. The molecule has 1 amide bonds. The maximum absolute atomic E-state index is 12.0. The minimum absolute atomic E-state index is 0.0525. The normalized spacial score (nSPS) is 10.6. The Bertz CT molecular complexity index is 457. The Balaban J connectivity index is 2.52. The Morgan fingerprint density at radius 1 is 1.09 bits per heavy atom. The highest BCUT2D eigenvalue weighted by Crippen LogP contribution is 2.27. The summed E-state index contributed by atoms with van der Waals surface area (Å²) in [4.78, 5) is 14.2. The van der Waals surface area contributed by atoms with Crippen LogP contribution in [0.3, 0.4) is 0 Å². The summed E-state index contributed by atoms with van der Waals surface area (Å²) in [6.07, 6.45) is 2.12. The maximum atomic E-state index is 12.0. The molecule has 5 nitrogen and oxygen atoms in total. The van der Waals surface area contributed by atoms with E-state index in [9.17, 15) is 4.79 Å². The van der Waals surface area contributed by atoms with Gasteiger partial charge in [-0.25, -0.2) is 0 Å². The van der Waals surface area contributed by atoms with Crippen molar-refractivity contribution in [2.24, 2.45) is 0 Å². The number of carbonyl (C=O) groups excluding carboxylic acids is 1. The molecule has 0 aromatic heterocycles. The van der Waals surface area contributed by atoms with Crippen molar-refractivity contribution in [3.63, 3.8) is 0 Å². The summed E-state index contributed by atoms with van der Waals surface area (Å²) < 4.78 is 10.5. The van der Waals surface area contributed by atoms with Crippen molar-refractivity contribution in [1.82, 2.24) is 10.2 Å². The van der Waals surface area contributed by atoms with Gasteiger partial charge in [-0.1, -0.05) is 19.9 Å². The van der Waals surface area contributed by atoms with Crippen molar-refractivity contribution in [3.05, 3.63) is 23.8 Å². The van der Waals surface area contributed by atoms with E-state index in [4.69, 9.17) is 9.47 Å². The number of hydrogen-bond donors (Lipinski definition) is 1. The summed E-state index contributed by atoms with van der Waals surface area (Å²) in [6, 6.07) is 5.66. The molecule has 1 rings (SSSR count). The standard InChI is InChI=1S/C17H28N2O3/c1-5-9-19(10-6-2)13-17(20)18-12-14-7-8-15(21-3)16(11-14)22-4/h7-8,11H,5-6,9-10,12-13H2,1-4H3,(H,18,20). The second-order valence-electron chi connectivity index (χ2n) is 5.24. The van der Waals surface area contributed by atoms with Gasteiger partial charge in [-0.15, -0.1) is 0 Å². The van der Waals surface area contributed by atoms with Crippen LogP contribution in [0.2, 0.25) is 0 Å². The van der Waals surface area contributed by atoms with E-state index in [1.54, 1.807) is 14.2 Å². The van der Waals surface area contributed by atoms with Gasteiger partial charge >= 0.3 is 0 Å². The largest absolute Gasteiger partial charge is 0.493 e. The first kappa shape index (κ1) is 18.3. The number of methoxy groups -OCH3 is 2. The third-order valence-corrected chi connectivity index (χ3v) is 3.38. The third kappa shape index (κ3) is 5.93. The van der Waals surface area contributed by atoms with Crippen LogP contribution >= 0.6 is 0 Å². The molecule has 0 spiro atoms. The molecule has 0 heterocycles. The lowest BCUT2D eigenvalue weighted by Crippen LogP contribution is -2.37. The van der Waals surface area contributed by atoms with E-state index in [1.807, 2.05) is 18.2 Å². The van der Waals surface area contributed by atoms with Crippen LogP contribution in [0, 0.1) is 0 Å². The molecule has 0 atom stereocenters. The Kier molecular flexibility index (Phi) is 8.36. The molecule has 5 heteroatoms. The zero-order chi connectivity index (χ0) is 16.4. The molecule has 0 aliphatic heterocycles. The number of nitrogens with zero attached hydrogens (tertiary/aromatic N) is 1. The van der Waals surface area contributed by atoms with Crippen LogP contribution in [0.4, 0.5) is 0 Å². The molecule has 1 N–H and O–H groups in total. The molecule has 0 saturated carbocycles. The fourth-order valence-electron chi connectivity index (χ4n) is 2.35. The average molecular weight is 308 g/mol. The van der Waals surface area contributed by atoms with Crippen LogP contribution in [0.5, 0.6) is 11.5 Å². The van der Waals surface area contributed by atoms with Gasteiger partial charge in [0.25, 0.3) is 0 Å². The topological polar surface area (TPSA) is 50.8 Å². The van der Waals surface area contributed by atoms with Gasteiger partial charge in [0.05, 0.1) is 20.8 Å². The summed E-state index contributed by atoms with van der Waals surface area (Å²) in [5.41, 5.74) is 0.989. The summed E-state index contributed by atoms with van der Waals surface area (Å²) in [5, 5.41) is 2.96. The van der Waals surface area contributed by atoms with E-state index in [2.05, 4.69) is 24.1 Å². The number of nitrogens with one attached hydrogen (secondary N) is 1. The molecule has 0 saturated heterocycles. The van der Waals surface area contributed by atoms with Crippen molar-refractivity contribution in [2.45, 2.75) is 33.2 Å². The number of benzene rings is 1. The highest BCUT2D eigenvalue weighted by Gasteiger charge is 2.10. The summed E-state index contributed by atoms with van der Waals surface area (Å²) >= 11 is 0. The Morgan fingerprint density at radius 2 is 1.73 bits per heavy atom. The zero-order valence-corrected chi connectivity index (χ0v) is 14.1. The number of amides is 1. The predicted octanol–water partition coefficient (Wildman–Crippen LogP) is 2.44. The average Bonchev–Trinajstić information content (AvgIpc) is 2.53. The Morgan fingerprint density at radius 3 is 2.27 bits per heavy atom. The maximum Gasteiger partial charge on any atom is 0.234 e. The van der Waals surface area contributed by atoms with E-state index >= 15 is 0 Å². The van der Waals surface area contributed by atoms with Crippen molar-refractivity contribution in [3.8, 4) is 11.5 Å². The Hall–Kier alpha value is -1.75. The van der Waals surface area contributed by atoms with Crippen molar-refractivity contribution in [2.75, 3.05) is 33.9 Å². The SMILES string of the molecule is CCCN(CCC)CC(=O)NCc1ccc(OC)c(OC)c1. The second kappa shape index (κ2) is 10.1. The molecule has 0 aliphatic carbocycles. The molecular formula is C17H28N2O3. The molecule has 0 bridgehead atoms. The first-order valence-corrected chi connectivity index (χ1v) is 7.84. The van der Waals surface area contributed by atoms with Crippen molar-refractivity contribution >= 4 is 5.91 Å². The number of rotatable bonds is 10. The van der Waals surface area contributed by atoms with Gasteiger partial charge in [0.2, 0.25) is 5.91 Å². The molecule has 1 aromatic rings. The van der Waals surface area contributed by atoms with Crippen LogP contribution in [0.25, 0.3) is 0 Å². The van der Waals surface area contributed by atoms with E-state index in [0.717, 1.165) is 31.5 Å². The predicted molar refractivity (Wildman–Crippen MR) is 88.4 cm³/mol. The number of ether oxygens (including phenoxy) is 2. The van der Waals surface area contributed by atoms with Crippen molar-refractivity contribution in [1.29, 1.82) is 0 Å². The van der Waals surface area contributed by atoms with Gasteiger partial charge in [-0.2, -0.15) is 0 Å². The quantitative estimate of drug-likeness (QED) is 0.721.